The normalized spacial score (nSPS) is 18.3. The summed E-state index contributed by atoms with van der Waals surface area (Å²) in [5.41, 5.74) is 10.3. The summed E-state index contributed by atoms with van der Waals surface area (Å²) in [6.45, 7) is 2.02. The molecule has 5 heteroatoms. The van der Waals surface area contributed by atoms with E-state index in [0.29, 0.717) is 6.04 Å². The highest BCUT2D eigenvalue weighted by Gasteiger charge is 2.18. The van der Waals surface area contributed by atoms with Gasteiger partial charge in [0.05, 0.1) is 22.9 Å². The van der Waals surface area contributed by atoms with Gasteiger partial charge < -0.3 is 5.73 Å². The van der Waals surface area contributed by atoms with Crippen LogP contribution in [0.2, 0.25) is 0 Å². The Hall–Kier alpha value is -1.20. The number of nitrogens with two attached hydrogens (primary N) is 1. The molecule has 0 amide bonds. The van der Waals surface area contributed by atoms with E-state index in [2.05, 4.69) is 21.9 Å². The van der Waals surface area contributed by atoms with Crippen LogP contribution in [0.25, 0.3) is 0 Å². The summed E-state index contributed by atoms with van der Waals surface area (Å²) in [5.74, 6) is 0. The Morgan fingerprint density at radius 1 is 1.40 bits per heavy atom. The minimum Gasteiger partial charge on any atom is -0.323 e. The van der Waals surface area contributed by atoms with E-state index in [9.17, 15) is 0 Å². The molecule has 1 aliphatic carbocycles. The molecule has 4 nitrogen and oxygen atoms in total. The predicted octanol–water partition coefficient (Wildman–Crippen LogP) is 3.40. The molecule has 2 aromatic rings. The molecule has 20 heavy (non-hydrogen) atoms. The van der Waals surface area contributed by atoms with E-state index in [4.69, 9.17) is 10.8 Å². The lowest BCUT2D eigenvalue weighted by Gasteiger charge is -2.21. The highest BCUT2D eigenvalue weighted by molar-refractivity contribution is 7.09. The lowest BCUT2D eigenvalue weighted by Crippen LogP contribution is -2.16. The van der Waals surface area contributed by atoms with Crippen molar-refractivity contribution in [2.75, 3.05) is 0 Å². The van der Waals surface area contributed by atoms with Crippen LogP contribution in [0.3, 0.4) is 0 Å². The SMILES string of the molecule is Cc1ncsc1C(N)Cc1ccn(C2CCCCC2)n1. The zero-order chi connectivity index (χ0) is 13.9. The average molecular weight is 290 g/mol. The van der Waals surface area contributed by atoms with Crippen LogP contribution in [0.15, 0.2) is 17.8 Å². The first kappa shape index (κ1) is 13.8. The van der Waals surface area contributed by atoms with Gasteiger partial charge in [-0.15, -0.1) is 11.3 Å². The van der Waals surface area contributed by atoms with Crippen LogP contribution >= 0.6 is 11.3 Å². The number of nitrogens with zero attached hydrogens (tertiary/aromatic N) is 3. The van der Waals surface area contributed by atoms with E-state index < -0.39 is 0 Å². The average Bonchev–Trinajstić information content (AvgIpc) is 3.09. The summed E-state index contributed by atoms with van der Waals surface area (Å²) in [6.07, 6.45) is 9.49. The Bertz CT molecular complexity index is 554. The third-order valence-electron chi connectivity index (χ3n) is 4.16. The largest absolute Gasteiger partial charge is 0.323 e. The summed E-state index contributed by atoms with van der Waals surface area (Å²) in [7, 11) is 0. The number of aromatic nitrogens is 3. The van der Waals surface area contributed by atoms with E-state index in [0.717, 1.165) is 17.8 Å². The van der Waals surface area contributed by atoms with Gasteiger partial charge in [0.15, 0.2) is 0 Å². The minimum atomic E-state index is 0.0113. The second kappa shape index (κ2) is 6.06. The molecule has 2 aromatic heterocycles. The van der Waals surface area contributed by atoms with E-state index in [1.807, 2.05) is 12.4 Å². The van der Waals surface area contributed by atoms with Gasteiger partial charge in [0.2, 0.25) is 0 Å². The van der Waals surface area contributed by atoms with Crippen molar-refractivity contribution in [1.82, 2.24) is 14.8 Å². The van der Waals surface area contributed by atoms with Gasteiger partial charge in [0.25, 0.3) is 0 Å². The predicted molar refractivity (Wildman–Crippen MR) is 81.8 cm³/mol. The number of thiazole rings is 1. The van der Waals surface area contributed by atoms with Gasteiger partial charge in [-0.05, 0) is 25.8 Å². The Balaban J connectivity index is 1.66. The second-order valence-corrected chi connectivity index (χ2v) is 6.58. The summed E-state index contributed by atoms with van der Waals surface area (Å²) in [6, 6.07) is 2.72. The Labute approximate surface area is 124 Å². The molecule has 0 aromatic carbocycles. The van der Waals surface area contributed by atoms with Crippen LogP contribution in [-0.4, -0.2) is 14.8 Å². The number of hydrogen-bond acceptors (Lipinski definition) is 4. The molecule has 1 aliphatic rings. The first-order chi connectivity index (χ1) is 9.74. The lowest BCUT2D eigenvalue weighted by molar-refractivity contribution is 0.328. The molecule has 0 aliphatic heterocycles. The van der Waals surface area contributed by atoms with Crippen LogP contribution < -0.4 is 5.73 Å². The van der Waals surface area contributed by atoms with Crippen molar-refractivity contribution >= 4 is 11.3 Å². The van der Waals surface area contributed by atoms with Gasteiger partial charge >= 0.3 is 0 Å². The second-order valence-electron chi connectivity index (χ2n) is 5.69. The van der Waals surface area contributed by atoms with E-state index >= 15 is 0 Å². The van der Waals surface area contributed by atoms with Crippen molar-refractivity contribution in [3.63, 3.8) is 0 Å². The molecule has 0 saturated heterocycles. The van der Waals surface area contributed by atoms with Crippen molar-refractivity contribution < 1.29 is 0 Å². The van der Waals surface area contributed by atoms with Crippen LogP contribution in [-0.2, 0) is 6.42 Å². The van der Waals surface area contributed by atoms with Gasteiger partial charge in [-0.25, -0.2) is 4.98 Å². The topological polar surface area (TPSA) is 56.7 Å². The fourth-order valence-corrected chi connectivity index (χ4v) is 3.83. The summed E-state index contributed by atoms with van der Waals surface area (Å²) >= 11 is 1.64. The van der Waals surface area contributed by atoms with Crippen LogP contribution in [0.4, 0.5) is 0 Å². The Kier molecular flexibility index (Phi) is 4.17. The van der Waals surface area contributed by atoms with E-state index in [1.54, 1.807) is 11.3 Å². The summed E-state index contributed by atoms with van der Waals surface area (Å²) in [5, 5.41) is 4.73. The molecule has 1 atom stereocenters. The lowest BCUT2D eigenvalue weighted by atomic mass is 9.96. The molecule has 0 spiro atoms. The maximum atomic E-state index is 6.28. The van der Waals surface area contributed by atoms with Crippen LogP contribution in [0.5, 0.6) is 0 Å². The van der Waals surface area contributed by atoms with Gasteiger partial charge in [-0.2, -0.15) is 5.10 Å². The molecule has 2 N–H and O–H groups in total. The monoisotopic (exact) mass is 290 g/mol. The zero-order valence-electron chi connectivity index (χ0n) is 12.0. The van der Waals surface area contributed by atoms with E-state index in [1.165, 1.54) is 37.0 Å². The van der Waals surface area contributed by atoms with E-state index in [-0.39, 0.29) is 6.04 Å². The fraction of sp³-hybridized carbons (Fsp3) is 0.600. The molecule has 1 unspecified atom stereocenters. The first-order valence-electron chi connectivity index (χ1n) is 7.43. The smallest absolute Gasteiger partial charge is 0.0798 e. The van der Waals surface area contributed by atoms with Gasteiger partial charge in [0, 0.05) is 23.5 Å². The number of hydrogen-bond donors (Lipinski definition) is 1. The molecule has 108 valence electrons. The Morgan fingerprint density at radius 2 is 2.20 bits per heavy atom. The van der Waals surface area contributed by atoms with Crippen molar-refractivity contribution in [2.45, 2.75) is 57.5 Å². The number of aryl methyl sites for hydroxylation is 1. The third kappa shape index (κ3) is 2.94. The van der Waals surface area contributed by atoms with Gasteiger partial charge in [-0.3, -0.25) is 4.68 Å². The highest BCUT2D eigenvalue weighted by atomic mass is 32.1. The standard InChI is InChI=1S/C15H22N4S/c1-11-15(20-10-17-11)14(16)9-12-7-8-19(18-12)13-5-3-2-4-6-13/h7-8,10,13-14H,2-6,9,16H2,1H3. The van der Waals surface area contributed by atoms with Crippen molar-refractivity contribution in [3.05, 3.63) is 34.0 Å². The molecule has 3 rings (SSSR count). The molecule has 2 heterocycles. The van der Waals surface area contributed by atoms with Crippen LogP contribution in [0.1, 0.15) is 60.5 Å². The Morgan fingerprint density at radius 3 is 2.90 bits per heavy atom. The van der Waals surface area contributed by atoms with Crippen LogP contribution in [0, 0.1) is 6.92 Å². The summed E-state index contributed by atoms with van der Waals surface area (Å²) < 4.78 is 2.15. The fourth-order valence-electron chi connectivity index (χ4n) is 3.02. The zero-order valence-corrected chi connectivity index (χ0v) is 12.8. The van der Waals surface area contributed by atoms with Gasteiger partial charge in [-0.1, -0.05) is 19.3 Å². The van der Waals surface area contributed by atoms with Crippen molar-refractivity contribution in [3.8, 4) is 0 Å². The van der Waals surface area contributed by atoms with Gasteiger partial charge in [0.1, 0.15) is 0 Å². The van der Waals surface area contributed by atoms with Crippen molar-refractivity contribution in [1.29, 1.82) is 0 Å². The van der Waals surface area contributed by atoms with Crippen molar-refractivity contribution in [2.24, 2.45) is 5.73 Å². The molecule has 0 bridgehead atoms. The first-order valence-corrected chi connectivity index (χ1v) is 8.31. The third-order valence-corrected chi connectivity index (χ3v) is 5.22. The molecular weight excluding hydrogens is 268 g/mol. The number of rotatable bonds is 4. The molecular formula is C15H22N4S. The molecule has 1 fully saturated rings. The summed E-state index contributed by atoms with van der Waals surface area (Å²) in [4.78, 5) is 5.45. The minimum absolute atomic E-state index is 0.0113. The quantitative estimate of drug-likeness (QED) is 0.939. The maximum Gasteiger partial charge on any atom is 0.0798 e. The maximum absolute atomic E-state index is 6.28. The molecule has 1 saturated carbocycles. The highest BCUT2D eigenvalue weighted by Crippen LogP contribution is 2.28. The molecule has 0 radical (unpaired) electrons.